The van der Waals surface area contributed by atoms with E-state index in [0.29, 0.717) is 6.61 Å². The van der Waals surface area contributed by atoms with Gasteiger partial charge in [-0.25, -0.2) is 0 Å². The van der Waals surface area contributed by atoms with Crippen molar-refractivity contribution in [3.63, 3.8) is 0 Å². The third kappa shape index (κ3) is 28.2. The molecule has 0 aromatic carbocycles. The minimum Gasteiger partial charge on any atom is -0.465 e. The molecule has 222 valence electrons. The molecule has 1 atom stereocenters. The summed E-state index contributed by atoms with van der Waals surface area (Å²) in [5, 5.41) is 12.1. The number of hydrogen-bond donors (Lipinski definition) is 2. The molecule has 2 N–H and O–H groups in total. The van der Waals surface area contributed by atoms with Crippen LogP contribution in [0.2, 0.25) is 0 Å². The predicted octanol–water partition coefficient (Wildman–Crippen LogP) is 9.52. The number of carbonyl (C=O) groups is 1. The van der Waals surface area contributed by atoms with Crippen LogP contribution in [0.25, 0.3) is 0 Å². The summed E-state index contributed by atoms with van der Waals surface area (Å²) in [6.45, 7) is 7.31. The molecule has 0 aliphatic carbocycles. The fraction of sp³-hybridized carbons (Fsp3) is 0.970. The summed E-state index contributed by atoms with van der Waals surface area (Å²) in [5.74, 6) is 0.189. The molecule has 0 heterocycles. The smallest absolute Gasteiger partial charge is 0.308 e. The van der Waals surface area contributed by atoms with E-state index in [-0.39, 0.29) is 18.5 Å². The van der Waals surface area contributed by atoms with Crippen molar-refractivity contribution in [1.29, 1.82) is 0 Å². The van der Waals surface area contributed by atoms with Crippen molar-refractivity contribution in [2.45, 2.75) is 174 Å². The van der Waals surface area contributed by atoms with Gasteiger partial charge in [0.2, 0.25) is 0 Å². The molecular formula is C33H67NO3. The minimum atomic E-state index is 0.0736. The van der Waals surface area contributed by atoms with Crippen LogP contribution in [0, 0.1) is 5.92 Å². The molecule has 0 saturated heterocycles. The lowest BCUT2D eigenvalue weighted by molar-refractivity contribution is -0.149. The number of hydrogen-bond acceptors (Lipinski definition) is 4. The Hall–Kier alpha value is -0.610. The lowest BCUT2D eigenvalue weighted by Crippen LogP contribution is -2.19. The average molecular weight is 526 g/mol. The first kappa shape index (κ1) is 36.4. The summed E-state index contributed by atoms with van der Waals surface area (Å²) >= 11 is 0. The predicted molar refractivity (Wildman–Crippen MR) is 161 cm³/mol. The highest BCUT2D eigenvalue weighted by molar-refractivity contribution is 5.72. The molecule has 0 aliphatic heterocycles. The van der Waals surface area contributed by atoms with Gasteiger partial charge in [-0.1, -0.05) is 142 Å². The molecule has 0 aromatic rings. The van der Waals surface area contributed by atoms with Gasteiger partial charge < -0.3 is 15.2 Å². The van der Waals surface area contributed by atoms with E-state index in [2.05, 4.69) is 19.2 Å². The zero-order valence-corrected chi connectivity index (χ0v) is 25.3. The van der Waals surface area contributed by atoms with Gasteiger partial charge in [0.1, 0.15) is 0 Å². The van der Waals surface area contributed by atoms with E-state index in [4.69, 9.17) is 9.84 Å². The number of esters is 1. The maximum atomic E-state index is 12.9. The largest absolute Gasteiger partial charge is 0.465 e. The molecule has 4 heteroatoms. The summed E-state index contributed by atoms with van der Waals surface area (Å²) in [6.07, 6.45) is 31.3. The van der Waals surface area contributed by atoms with Crippen LogP contribution in [-0.4, -0.2) is 37.4 Å². The molecule has 0 radical (unpaired) electrons. The highest BCUT2D eigenvalue weighted by Crippen LogP contribution is 2.21. The van der Waals surface area contributed by atoms with Crippen LogP contribution >= 0.6 is 0 Å². The number of ether oxygens (including phenoxy) is 1. The van der Waals surface area contributed by atoms with Crippen molar-refractivity contribution in [2.24, 2.45) is 5.92 Å². The third-order valence-corrected chi connectivity index (χ3v) is 7.65. The Morgan fingerprint density at radius 3 is 1.46 bits per heavy atom. The summed E-state index contributed by atoms with van der Waals surface area (Å²) in [4.78, 5) is 12.9. The first-order valence-electron chi connectivity index (χ1n) is 16.7. The Morgan fingerprint density at radius 2 is 0.973 bits per heavy atom. The highest BCUT2D eigenvalue weighted by Gasteiger charge is 2.19. The Balaban J connectivity index is 4.03. The van der Waals surface area contributed by atoms with Gasteiger partial charge in [-0.3, -0.25) is 4.79 Å². The zero-order chi connectivity index (χ0) is 27.1. The van der Waals surface area contributed by atoms with Crippen molar-refractivity contribution < 1.29 is 14.6 Å². The number of nitrogens with one attached hydrogen (secondary N) is 1. The molecular weight excluding hydrogens is 458 g/mol. The first-order chi connectivity index (χ1) is 18.3. The Bertz CT molecular complexity index is 443. The molecule has 0 amide bonds. The van der Waals surface area contributed by atoms with Crippen molar-refractivity contribution >= 4 is 5.97 Å². The Morgan fingerprint density at radius 1 is 0.568 bits per heavy atom. The molecule has 0 fully saturated rings. The monoisotopic (exact) mass is 526 g/mol. The molecule has 0 aromatic heterocycles. The van der Waals surface area contributed by atoms with Crippen molar-refractivity contribution in [3.8, 4) is 0 Å². The van der Waals surface area contributed by atoms with Gasteiger partial charge in [-0.2, -0.15) is 0 Å². The van der Waals surface area contributed by atoms with Crippen LogP contribution in [0.1, 0.15) is 174 Å². The SMILES string of the molecule is CCCCCCCCCCCCC(CCCCCCCCCC)C(=O)OCCCCCCNCCCO. The van der Waals surface area contributed by atoms with E-state index in [1.165, 1.54) is 122 Å². The Labute approximate surface area is 232 Å². The van der Waals surface area contributed by atoms with Gasteiger partial charge in [-0.15, -0.1) is 0 Å². The number of aliphatic hydroxyl groups is 1. The van der Waals surface area contributed by atoms with Crippen LogP contribution in [0.4, 0.5) is 0 Å². The van der Waals surface area contributed by atoms with E-state index < -0.39 is 0 Å². The average Bonchev–Trinajstić information content (AvgIpc) is 2.90. The maximum absolute atomic E-state index is 12.9. The summed E-state index contributed by atoms with van der Waals surface area (Å²) in [7, 11) is 0. The maximum Gasteiger partial charge on any atom is 0.308 e. The van der Waals surface area contributed by atoms with Crippen molar-refractivity contribution in [2.75, 3.05) is 26.3 Å². The standard InChI is InChI=1S/C33H67NO3/c1-3-5-7-9-11-13-14-16-18-22-27-32(26-21-17-15-12-10-8-6-4-2)33(36)37-31-24-20-19-23-28-34-29-25-30-35/h32,34-35H,3-31H2,1-2H3. The number of rotatable bonds is 31. The van der Waals surface area contributed by atoms with Crippen LogP contribution in [0.3, 0.4) is 0 Å². The number of aliphatic hydroxyl groups excluding tert-OH is 1. The van der Waals surface area contributed by atoms with Crippen LogP contribution in [0.5, 0.6) is 0 Å². The van der Waals surface area contributed by atoms with Gasteiger partial charge >= 0.3 is 5.97 Å². The van der Waals surface area contributed by atoms with Crippen LogP contribution in [-0.2, 0) is 9.53 Å². The number of unbranched alkanes of at least 4 members (excludes halogenated alkanes) is 19. The number of carbonyl (C=O) groups excluding carboxylic acids is 1. The summed E-state index contributed by atoms with van der Waals surface area (Å²) < 4.78 is 5.75. The molecule has 0 spiro atoms. The molecule has 0 aliphatic rings. The lowest BCUT2D eigenvalue weighted by atomic mass is 9.94. The van der Waals surface area contributed by atoms with E-state index in [0.717, 1.165) is 51.6 Å². The van der Waals surface area contributed by atoms with Crippen molar-refractivity contribution in [1.82, 2.24) is 5.32 Å². The molecule has 0 saturated carbocycles. The van der Waals surface area contributed by atoms with Crippen molar-refractivity contribution in [3.05, 3.63) is 0 Å². The van der Waals surface area contributed by atoms with E-state index in [1.807, 2.05) is 0 Å². The van der Waals surface area contributed by atoms with E-state index >= 15 is 0 Å². The topological polar surface area (TPSA) is 58.6 Å². The summed E-state index contributed by atoms with van der Waals surface area (Å²) in [6, 6.07) is 0. The minimum absolute atomic E-state index is 0.0736. The second kappa shape index (κ2) is 31.6. The molecule has 0 bridgehead atoms. The lowest BCUT2D eigenvalue weighted by Gasteiger charge is -2.16. The highest BCUT2D eigenvalue weighted by atomic mass is 16.5. The molecule has 37 heavy (non-hydrogen) atoms. The van der Waals surface area contributed by atoms with Gasteiger partial charge in [0.05, 0.1) is 12.5 Å². The molecule has 1 unspecified atom stereocenters. The molecule has 0 rings (SSSR count). The van der Waals surface area contributed by atoms with E-state index in [1.54, 1.807) is 0 Å². The quantitative estimate of drug-likeness (QED) is 0.0699. The normalized spacial score (nSPS) is 12.2. The van der Waals surface area contributed by atoms with Gasteiger partial charge in [0.25, 0.3) is 0 Å². The van der Waals surface area contributed by atoms with Gasteiger partial charge in [0.15, 0.2) is 0 Å². The first-order valence-corrected chi connectivity index (χ1v) is 16.7. The fourth-order valence-corrected chi connectivity index (χ4v) is 5.11. The van der Waals surface area contributed by atoms with Crippen LogP contribution < -0.4 is 5.32 Å². The fourth-order valence-electron chi connectivity index (χ4n) is 5.11. The van der Waals surface area contributed by atoms with Gasteiger partial charge in [0, 0.05) is 6.61 Å². The molecule has 4 nitrogen and oxygen atoms in total. The third-order valence-electron chi connectivity index (χ3n) is 7.65. The zero-order valence-electron chi connectivity index (χ0n) is 25.3. The summed E-state index contributed by atoms with van der Waals surface area (Å²) in [5.41, 5.74) is 0. The van der Waals surface area contributed by atoms with Gasteiger partial charge in [-0.05, 0) is 45.2 Å². The van der Waals surface area contributed by atoms with Crippen LogP contribution in [0.15, 0.2) is 0 Å². The van der Waals surface area contributed by atoms with E-state index in [9.17, 15) is 4.79 Å². The Kier molecular flexibility index (Phi) is 31.1. The second-order valence-corrected chi connectivity index (χ2v) is 11.3. The second-order valence-electron chi connectivity index (χ2n) is 11.3.